The van der Waals surface area contributed by atoms with Crippen LogP contribution in [0.1, 0.15) is 20.3 Å². The van der Waals surface area contributed by atoms with Crippen molar-refractivity contribution in [2.24, 2.45) is 5.84 Å². The zero-order chi connectivity index (χ0) is 12.7. The predicted molar refractivity (Wildman–Crippen MR) is 62.4 cm³/mol. The molecule has 16 heavy (non-hydrogen) atoms. The molecular formula is C10H22N4O2. The van der Waals surface area contributed by atoms with Crippen molar-refractivity contribution in [3.8, 4) is 0 Å². The van der Waals surface area contributed by atoms with Crippen molar-refractivity contribution in [1.29, 1.82) is 0 Å². The normalized spacial score (nSPS) is 12.4. The van der Waals surface area contributed by atoms with Crippen LogP contribution in [0.25, 0.3) is 0 Å². The summed E-state index contributed by atoms with van der Waals surface area (Å²) in [4.78, 5) is 26.1. The quantitative estimate of drug-likeness (QED) is 0.354. The summed E-state index contributed by atoms with van der Waals surface area (Å²) in [7, 11) is 3.43. The number of hydrazine groups is 1. The summed E-state index contributed by atoms with van der Waals surface area (Å²) in [6.07, 6.45) is 0.297. The molecule has 6 nitrogen and oxygen atoms in total. The van der Waals surface area contributed by atoms with Crippen LogP contribution in [-0.2, 0) is 9.59 Å². The fourth-order valence-corrected chi connectivity index (χ4v) is 1.35. The molecule has 0 saturated carbocycles. The van der Waals surface area contributed by atoms with E-state index in [9.17, 15) is 9.59 Å². The fourth-order valence-electron chi connectivity index (χ4n) is 1.35. The highest BCUT2D eigenvalue weighted by atomic mass is 16.2. The summed E-state index contributed by atoms with van der Waals surface area (Å²) in [5, 5.41) is 0. The van der Waals surface area contributed by atoms with Gasteiger partial charge in [0.05, 0.1) is 6.54 Å². The summed E-state index contributed by atoms with van der Waals surface area (Å²) in [5.74, 6) is 4.83. The van der Waals surface area contributed by atoms with Gasteiger partial charge in [-0.15, -0.1) is 0 Å². The van der Waals surface area contributed by atoms with E-state index in [0.29, 0.717) is 13.0 Å². The Balaban J connectivity index is 4.26. The zero-order valence-electron chi connectivity index (χ0n) is 10.5. The minimum atomic E-state index is -0.219. The first-order chi connectivity index (χ1) is 7.42. The Bertz CT molecular complexity index is 243. The molecule has 0 radical (unpaired) electrons. The van der Waals surface area contributed by atoms with Gasteiger partial charge in [0.15, 0.2) is 0 Å². The van der Waals surface area contributed by atoms with Crippen LogP contribution in [0.4, 0.5) is 0 Å². The van der Waals surface area contributed by atoms with E-state index < -0.39 is 0 Å². The molecule has 2 amide bonds. The smallest absolute Gasteiger partial charge is 0.236 e. The maximum atomic E-state index is 11.5. The van der Waals surface area contributed by atoms with E-state index in [1.54, 1.807) is 19.0 Å². The number of carbonyl (C=O) groups is 2. The van der Waals surface area contributed by atoms with E-state index in [1.165, 1.54) is 0 Å². The standard InChI is InChI=1S/C10H22N4O2/c1-5-14(7-10(16)13(3)4)8(2)6-9(15)12-11/h8H,5-7,11H2,1-4H3,(H,12,15). The van der Waals surface area contributed by atoms with E-state index in [4.69, 9.17) is 5.84 Å². The second-order valence-corrected chi connectivity index (χ2v) is 3.97. The van der Waals surface area contributed by atoms with Crippen LogP contribution in [-0.4, -0.2) is 54.8 Å². The van der Waals surface area contributed by atoms with Crippen molar-refractivity contribution in [2.45, 2.75) is 26.3 Å². The van der Waals surface area contributed by atoms with Crippen LogP contribution in [0.2, 0.25) is 0 Å². The molecule has 6 heteroatoms. The minimum Gasteiger partial charge on any atom is -0.348 e. The molecule has 0 spiro atoms. The second kappa shape index (κ2) is 7.19. The average Bonchev–Trinajstić information content (AvgIpc) is 2.24. The highest BCUT2D eigenvalue weighted by Crippen LogP contribution is 2.03. The van der Waals surface area contributed by atoms with E-state index in [-0.39, 0.29) is 17.9 Å². The highest BCUT2D eigenvalue weighted by molar-refractivity contribution is 5.78. The maximum absolute atomic E-state index is 11.5. The first-order valence-corrected chi connectivity index (χ1v) is 5.36. The van der Waals surface area contributed by atoms with Gasteiger partial charge in [-0.1, -0.05) is 6.92 Å². The third-order valence-electron chi connectivity index (χ3n) is 2.51. The van der Waals surface area contributed by atoms with Gasteiger partial charge in [-0.2, -0.15) is 0 Å². The molecule has 94 valence electrons. The molecule has 0 aliphatic carbocycles. The third kappa shape index (κ3) is 5.09. The van der Waals surface area contributed by atoms with Crippen LogP contribution in [0, 0.1) is 0 Å². The largest absolute Gasteiger partial charge is 0.348 e. The van der Waals surface area contributed by atoms with Gasteiger partial charge < -0.3 is 4.90 Å². The lowest BCUT2D eigenvalue weighted by Crippen LogP contribution is -2.44. The monoisotopic (exact) mass is 230 g/mol. The van der Waals surface area contributed by atoms with E-state index in [2.05, 4.69) is 5.43 Å². The molecule has 0 aromatic heterocycles. The van der Waals surface area contributed by atoms with Crippen LogP contribution in [0.5, 0.6) is 0 Å². The van der Waals surface area contributed by atoms with Crippen molar-refractivity contribution in [2.75, 3.05) is 27.2 Å². The van der Waals surface area contributed by atoms with Gasteiger partial charge in [-0.3, -0.25) is 19.9 Å². The summed E-state index contributed by atoms with van der Waals surface area (Å²) >= 11 is 0. The van der Waals surface area contributed by atoms with Gasteiger partial charge in [0.1, 0.15) is 0 Å². The maximum Gasteiger partial charge on any atom is 0.236 e. The second-order valence-electron chi connectivity index (χ2n) is 3.97. The molecule has 3 N–H and O–H groups in total. The van der Waals surface area contributed by atoms with Gasteiger partial charge in [0, 0.05) is 26.6 Å². The molecule has 0 saturated heterocycles. The van der Waals surface area contributed by atoms with Gasteiger partial charge in [0.25, 0.3) is 0 Å². The lowest BCUT2D eigenvalue weighted by molar-refractivity contribution is -0.131. The summed E-state index contributed by atoms with van der Waals surface area (Å²) < 4.78 is 0. The molecule has 0 aliphatic heterocycles. The number of nitrogens with two attached hydrogens (primary N) is 1. The van der Waals surface area contributed by atoms with Crippen molar-refractivity contribution in [3.05, 3.63) is 0 Å². The van der Waals surface area contributed by atoms with Crippen LogP contribution >= 0.6 is 0 Å². The Hall–Kier alpha value is -1.14. The topological polar surface area (TPSA) is 78.7 Å². The molecule has 0 rings (SSSR count). The number of rotatable bonds is 6. The molecule has 0 aromatic rings. The molecular weight excluding hydrogens is 208 g/mol. The number of amides is 2. The Kier molecular flexibility index (Phi) is 6.67. The molecule has 1 atom stereocenters. The fraction of sp³-hybridized carbons (Fsp3) is 0.800. The Morgan fingerprint density at radius 1 is 1.38 bits per heavy atom. The average molecular weight is 230 g/mol. The summed E-state index contributed by atoms with van der Waals surface area (Å²) in [6.45, 7) is 4.91. The van der Waals surface area contributed by atoms with Gasteiger partial charge in [-0.05, 0) is 13.5 Å². The molecule has 0 aromatic carbocycles. The van der Waals surface area contributed by atoms with E-state index in [0.717, 1.165) is 6.54 Å². The number of hydrogen-bond donors (Lipinski definition) is 2. The number of carbonyl (C=O) groups excluding carboxylic acids is 2. The van der Waals surface area contributed by atoms with Crippen LogP contribution in [0.15, 0.2) is 0 Å². The number of nitrogens with one attached hydrogen (secondary N) is 1. The Morgan fingerprint density at radius 2 is 1.94 bits per heavy atom. The third-order valence-corrected chi connectivity index (χ3v) is 2.51. The van der Waals surface area contributed by atoms with Crippen molar-refractivity contribution in [3.63, 3.8) is 0 Å². The zero-order valence-corrected chi connectivity index (χ0v) is 10.5. The van der Waals surface area contributed by atoms with Crippen molar-refractivity contribution < 1.29 is 9.59 Å². The molecule has 0 bridgehead atoms. The van der Waals surface area contributed by atoms with Gasteiger partial charge >= 0.3 is 0 Å². The van der Waals surface area contributed by atoms with Crippen LogP contribution in [0.3, 0.4) is 0 Å². The summed E-state index contributed by atoms with van der Waals surface area (Å²) in [6, 6.07) is -0.00236. The van der Waals surface area contributed by atoms with E-state index >= 15 is 0 Å². The first kappa shape index (κ1) is 14.9. The minimum absolute atomic E-state index is 0.00236. The van der Waals surface area contributed by atoms with Crippen molar-refractivity contribution in [1.82, 2.24) is 15.2 Å². The molecule has 0 heterocycles. The van der Waals surface area contributed by atoms with Gasteiger partial charge in [-0.25, -0.2) is 5.84 Å². The Labute approximate surface area is 96.7 Å². The summed E-state index contributed by atoms with van der Waals surface area (Å²) in [5.41, 5.74) is 2.09. The van der Waals surface area contributed by atoms with Crippen LogP contribution < -0.4 is 11.3 Å². The first-order valence-electron chi connectivity index (χ1n) is 5.36. The molecule has 0 fully saturated rings. The predicted octanol–water partition coefficient (Wildman–Crippen LogP) is -0.835. The molecule has 0 aliphatic rings. The highest BCUT2D eigenvalue weighted by Gasteiger charge is 2.18. The number of nitrogens with zero attached hydrogens (tertiary/aromatic N) is 2. The lowest BCUT2D eigenvalue weighted by atomic mass is 10.2. The number of hydrogen-bond acceptors (Lipinski definition) is 4. The lowest BCUT2D eigenvalue weighted by Gasteiger charge is -2.27. The Morgan fingerprint density at radius 3 is 2.31 bits per heavy atom. The molecule has 1 unspecified atom stereocenters. The van der Waals surface area contributed by atoms with Crippen molar-refractivity contribution >= 4 is 11.8 Å². The number of likely N-dealkylation sites (N-methyl/N-ethyl adjacent to an activating group) is 2. The SMILES string of the molecule is CCN(CC(=O)N(C)C)C(C)CC(=O)NN. The van der Waals surface area contributed by atoms with Gasteiger partial charge in [0.2, 0.25) is 11.8 Å². The van der Waals surface area contributed by atoms with E-state index in [1.807, 2.05) is 18.7 Å².